The van der Waals surface area contributed by atoms with Crippen molar-refractivity contribution in [1.29, 1.82) is 0 Å². The minimum absolute atomic E-state index is 0.485. The van der Waals surface area contributed by atoms with Crippen molar-refractivity contribution in [2.24, 2.45) is 5.92 Å². The van der Waals surface area contributed by atoms with Crippen molar-refractivity contribution in [3.63, 3.8) is 0 Å². The molecular formula is C14H19ClN2O2. The van der Waals surface area contributed by atoms with Crippen LogP contribution in [0.3, 0.4) is 0 Å². The maximum Gasteiger partial charge on any atom is 0.313 e. The maximum atomic E-state index is 11.7. The van der Waals surface area contributed by atoms with Crippen LogP contribution in [0.25, 0.3) is 0 Å². The van der Waals surface area contributed by atoms with Gasteiger partial charge in [0.2, 0.25) is 0 Å². The Balaban J connectivity index is 2.55. The lowest BCUT2D eigenvalue weighted by molar-refractivity contribution is -0.136. The van der Waals surface area contributed by atoms with E-state index in [4.69, 9.17) is 11.6 Å². The first-order valence-corrected chi connectivity index (χ1v) is 6.64. The average Bonchev–Trinajstić information content (AvgIpc) is 2.34. The zero-order valence-electron chi connectivity index (χ0n) is 11.4. The van der Waals surface area contributed by atoms with Crippen molar-refractivity contribution in [2.45, 2.75) is 27.2 Å². The van der Waals surface area contributed by atoms with Crippen LogP contribution in [-0.4, -0.2) is 18.4 Å². The number of rotatable bonds is 4. The molecule has 0 unspecified atom stereocenters. The third-order valence-corrected chi connectivity index (χ3v) is 3.14. The molecule has 2 amide bonds. The van der Waals surface area contributed by atoms with E-state index in [9.17, 15) is 9.59 Å². The second kappa shape index (κ2) is 7.14. The molecule has 0 aromatic heterocycles. The van der Waals surface area contributed by atoms with Crippen LogP contribution in [0.4, 0.5) is 5.69 Å². The van der Waals surface area contributed by atoms with Gasteiger partial charge in [-0.1, -0.05) is 31.5 Å². The van der Waals surface area contributed by atoms with Gasteiger partial charge in [-0.25, -0.2) is 0 Å². The van der Waals surface area contributed by atoms with Gasteiger partial charge in [-0.3, -0.25) is 9.59 Å². The van der Waals surface area contributed by atoms with E-state index in [-0.39, 0.29) is 0 Å². The molecule has 0 aliphatic carbocycles. The Morgan fingerprint density at radius 3 is 2.58 bits per heavy atom. The third kappa shape index (κ3) is 4.91. The first kappa shape index (κ1) is 15.5. The van der Waals surface area contributed by atoms with Crippen molar-refractivity contribution >= 4 is 29.1 Å². The van der Waals surface area contributed by atoms with Crippen molar-refractivity contribution < 1.29 is 9.59 Å². The second-order valence-electron chi connectivity index (χ2n) is 4.80. The van der Waals surface area contributed by atoms with E-state index < -0.39 is 11.8 Å². The molecule has 0 radical (unpaired) electrons. The number of nitrogens with one attached hydrogen (secondary N) is 2. The predicted octanol–water partition coefficient (Wildman–Crippen LogP) is 2.75. The lowest BCUT2D eigenvalue weighted by atomic mass is 10.1. The molecule has 0 bridgehead atoms. The molecule has 4 nitrogen and oxygen atoms in total. The average molecular weight is 283 g/mol. The van der Waals surface area contributed by atoms with Gasteiger partial charge in [0, 0.05) is 17.3 Å². The highest BCUT2D eigenvalue weighted by Crippen LogP contribution is 2.22. The minimum Gasteiger partial charge on any atom is -0.348 e. The van der Waals surface area contributed by atoms with Crippen LogP contribution in [0.5, 0.6) is 0 Å². The van der Waals surface area contributed by atoms with E-state index in [0.29, 0.717) is 23.2 Å². The summed E-state index contributed by atoms with van der Waals surface area (Å²) in [6, 6.07) is 5.16. The van der Waals surface area contributed by atoms with Gasteiger partial charge in [0.25, 0.3) is 0 Å². The van der Waals surface area contributed by atoms with Crippen molar-refractivity contribution in [3.05, 3.63) is 28.8 Å². The summed E-state index contributed by atoms with van der Waals surface area (Å²) in [5.74, 6) is -0.812. The van der Waals surface area contributed by atoms with Crippen LogP contribution in [0.2, 0.25) is 5.02 Å². The normalized spacial score (nSPS) is 10.4. The van der Waals surface area contributed by atoms with Crippen LogP contribution in [0.1, 0.15) is 25.8 Å². The van der Waals surface area contributed by atoms with Gasteiger partial charge in [-0.05, 0) is 37.0 Å². The van der Waals surface area contributed by atoms with E-state index in [2.05, 4.69) is 24.5 Å². The Morgan fingerprint density at radius 1 is 1.26 bits per heavy atom. The van der Waals surface area contributed by atoms with Gasteiger partial charge in [0.15, 0.2) is 0 Å². The number of anilines is 1. The largest absolute Gasteiger partial charge is 0.348 e. The Hall–Kier alpha value is -1.55. The Kier molecular flexibility index (Phi) is 5.83. The van der Waals surface area contributed by atoms with E-state index >= 15 is 0 Å². The molecule has 0 fully saturated rings. The highest BCUT2D eigenvalue weighted by atomic mass is 35.5. The molecule has 0 heterocycles. The van der Waals surface area contributed by atoms with Crippen LogP contribution >= 0.6 is 11.6 Å². The summed E-state index contributed by atoms with van der Waals surface area (Å²) in [4.78, 5) is 23.3. The van der Waals surface area contributed by atoms with Crippen LogP contribution < -0.4 is 10.6 Å². The van der Waals surface area contributed by atoms with E-state index in [0.717, 1.165) is 12.0 Å². The molecule has 0 saturated heterocycles. The fourth-order valence-corrected chi connectivity index (χ4v) is 1.65. The fourth-order valence-electron chi connectivity index (χ4n) is 1.48. The number of halogens is 1. The van der Waals surface area contributed by atoms with Gasteiger partial charge >= 0.3 is 11.8 Å². The molecule has 0 spiro atoms. The fraction of sp³-hybridized carbons (Fsp3) is 0.429. The maximum absolute atomic E-state index is 11.7. The smallest absolute Gasteiger partial charge is 0.313 e. The third-order valence-electron chi connectivity index (χ3n) is 2.73. The highest BCUT2D eigenvalue weighted by Gasteiger charge is 2.14. The Labute approximate surface area is 118 Å². The molecule has 0 aliphatic heterocycles. The zero-order valence-corrected chi connectivity index (χ0v) is 12.2. The number of hydrogen-bond donors (Lipinski definition) is 2. The number of amides is 2. The van der Waals surface area contributed by atoms with E-state index in [1.165, 1.54) is 0 Å². The zero-order chi connectivity index (χ0) is 14.4. The van der Waals surface area contributed by atoms with Gasteiger partial charge < -0.3 is 10.6 Å². The van der Waals surface area contributed by atoms with Crippen molar-refractivity contribution in [2.75, 3.05) is 11.9 Å². The summed E-state index contributed by atoms with van der Waals surface area (Å²) < 4.78 is 0. The summed E-state index contributed by atoms with van der Waals surface area (Å²) in [7, 11) is 0. The van der Waals surface area contributed by atoms with E-state index in [1.807, 2.05) is 0 Å². The molecule has 1 aromatic rings. The Morgan fingerprint density at radius 2 is 1.95 bits per heavy atom. The standard InChI is InChI=1S/C14H19ClN2O2/c1-9(2)7-8-16-13(18)14(19)17-12-6-4-5-11(15)10(12)3/h4-6,9H,7-8H2,1-3H3,(H,16,18)(H,17,19). The van der Waals surface area contributed by atoms with Crippen LogP contribution in [-0.2, 0) is 9.59 Å². The molecule has 1 rings (SSSR count). The first-order chi connectivity index (χ1) is 8.91. The highest BCUT2D eigenvalue weighted by molar-refractivity contribution is 6.40. The van der Waals surface area contributed by atoms with Crippen molar-refractivity contribution in [1.82, 2.24) is 5.32 Å². The van der Waals surface area contributed by atoms with Gasteiger partial charge in [0.1, 0.15) is 0 Å². The molecular weight excluding hydrogens is 264 g/mol. The molecule has 5 heteroatoms. The lowest BCUT2D eigenvalue weighted by Gasteiger charge is -2.10. The molecule has 1 aromatic carbocycles. The number of carbonyl (C=O) groups excluding carboxylic acids is 2. The number of benzene rings is 1. The van der Waals surface area contributed by atoms with Crippen molar-refractivity contribution in [3.8, 4) is 0 Å². The SMILES string of the molecule is Cc1c(Cl)cccc1NC(=O)C(=O)NCCC(C)C. The van der Waals surface area contributed by atoms with Gasteiger partial charge in [0.05, 0.1) is 0 Å². The van der Waals surface area contributed by atoms with E-state index in [1.54, 1.807) is 25.1 Å². The van der Waals surface area contributed by atoms with Crippen LogP contribution in [0.15, 0.2) is 18.2 Å². The summed E-state index contributed by atoms with van der Waals surface area (Å²) in [5, 5.41) is 5.69. The topological polar surface area (TPSA) is 58.2 Å². The summed E-state index contributed by atoms with van der Waals surface area (Å²) in [6.45, 7) is 6.40. The first-order valence-electron chi connectivity index (χ1n) is 6.26. The molecule has 0 atom stereocenters. The Bertz CT molecular complexity index is 473. The number of hydrogen-bond acceptors (Lipinski definition) is 2. The minimum atomic E-state index is -0.672. The molecule has 19 heavy (non-hydrogen) atoms. The quantitative estimate of drug-likeness (QED) is 0.834. The predicted molar refractivity (Wildman–Crippen MR) is 77.3 cm³/mol. The summed E-state index contributed by atoms with van der Waals surface area (Å²) >= 11 is 5.94. The molecule has 0 aliphatic rings. The lowest BCUT2D eigenvalue weighted by Crippen LogP contribution is -2.36. The van der Waals surface area contributed by atoms with Gasteiger partial charge in [-0.15, -0.1) is 0 Å². The summed E-state index contributed by atoms with van der Waals surface area (Å²) in [6.07, 6.45) is 0.842. The summed E-state index contributed by atoms with van der Waals surface area (Å²) in [5.41, 5.74) is 1.30. The van der Waals surface area contributed by atoms with Crippen LogP contribution in [0, 0.1) is 12.8 Å². The van der Waals surface area contributed by atoms with Gasteiger partial charge in [-0.2, -0.15) is 0 Å². The molecule has 2 N–H and O–H groups in total. The second-order valence-corrected chi connectivity index (χ2v) is 5.21. The molecule has 104 valence electrons. The number of carbonyl (C=O) groups is 2. The molecule has 0 saturated carbocycles. The monoisotopic (exact) mass is 282 g/mol.